The number of hydrogen-bond donors (Lipinski definition) is 1. The van der Waals surface area contributed by atoms with E-state index < -0.39 is 23.2 Å². The van der Waals surface area contributed by atoms with Gasteiger partial charge in [-0.2, -0.15) is 13.2 Å². The Morgan fingerprint density at radius 1 is 1.16 bits per heavy atom. The van der Waals surface area contributed by atoms with Crippen LogP contribution < -0.4 is 9.47 Å². The molecular weight excluding hydrogens is 339 g/mol. The van der Waals surface area contributed by atoms with Crippen LogP contribution in [0.25, 0.3) is 5.70 Å². The van der Waals surface area contributed by atoms with Crippen molar-refractivity contribution in [2.24, 2.45) is 0 Å². The summed E-state index contributed by atoms with van der Waals surface area (Å²) in [7, 11) is 2.88. The van der Waals surface area contributed by atoms with Gasteiger partial charge in [0.1, 0.15) is 0 Å². The smallest absolute Gasteiger partial charge is 0.430 e. The number of alkyl halides is 3. The Labute approximate surface area is 142 Å². The van der Waals surface area contributed by atoms with E-state index in [9.17, 15) is 23.1 Å². The molecule has 2 heterocycles. The average Bonchev–Trinajstić information content (AvgIpc) is 2.79. The van der Waals surface area contributed by atoms with Crippen molar-refractivity contribution < 1.29 is 32.5 Å². The minimum Gasteiger partial charge on any atom is -0.493 e. The second-order valence-corrected chi connectivity index (χ2v) is 6.79. The molecule has 8 heteroatoms. The Bertz CT molecular complexity index is 785. The molecule has 136 valence electrons. The fraction of sp³-hybridized carbons (Fsp3) is 0.471. The fourth-order valence-corrected chi connectivity index (χ4v) is 3.46. The number of fused-ring (bicyclic) bond motifs is 3. The summed E-state index contributed by atoms with van der Waals surface area (Å²) >= 11 is 0. The van der Waals surface area contributed by atoms with Gasteiger partial charge in [-0.3, -0.25) is 4.79 Å². The average molecular weight is 357 g/mol. The molecule has 1 N–H and O–H groups in total. The molecule has 0 radical (unpaired) electrons. The summed E-state index contributed by atoms with van der Waals surface area (Å²) in [5.41, 5.74) is -3.33. The second-order valence-electron chi connectivity index (χ2n) is 6.79. The van der Waals surface area contributed by atoms with Crippen LogP contribution in [0.5, 0.6) is 11.5 Å². The summed E-state index contributed by atoms with van der Waals surface area (Å²) in [5, 5.41) is 10.1. The molecule has 0 saturated heterocycles. The number of amides is 1. The van der Waals surface area contributed by atoms with Crippen molar-refractivity contribution in [3.05, 3.63) is 29.3 Å². The standard InChI is InChI=1S/C17H18F3NO4/c1-15(2)7-9-5-12(24-3)13(25-4)6-10(9)11-8-16(23,17(18,19)20)14(22)21(11)15/h5-6,8,23H,7H2,1-4H3/t16-/m1/s1. The van der Waals surface area contributed by atoms with E-state index in [-0.39, 0.29) is 5.70 Å². The Kier molecular flexibility index (Phi) is 3.62. The van der Waals surface area contributed by atoms with Crippen molar-refractivity contribution in [1.29, 1.82) is 0 Å². The van der Waals surface area contributed by atoms with Gasteiger partial charge in [-0.05, 0) is 44.0 Å². The molecule has 2 aliphatic rings. The van der Waals surface area contributed by atoms with Gasteiger partial charge in [-0.25, -0.2) is 0 Å². The zero-order valence-corrected chi connectivity index (χ0v) is 14.2. The van der Waals surface area contributed by atoms with E-state index in [0.29, 0.717) is 35.1 Å². The number of aliphatic hydroxyl groups is 1. The Hall–Kier alpha value is -2.22. The summed E-state index contributed by atoms with van der Waals surface area (Å²) in [6.45, 7) is 3.31. The van der Waals surface area contributed by atoms with Gasteiger partial charge >= 0.3 is 6.18 Å². The summed E-state index contributed by atoms with van der Waals surface area (Å²) < 4.78 is 50.5. The van der Waals surface area contributed by atoms with E-state index >= 15 is 0 Å². The third-order valence-electron chi connectivity index (χ3n) is 4.66. The van der Waals surface area contributed by atoms with E-state index in [1.165, 1.54) is 20.3 Å². The molecule has 1 atom stereocenters. The lowest BCUT2D eigenvalue weighted by molar-refractivity contribution is -0.236. The number of hydrogen-bond acceptors (Lipinski definition) is 4. The molecule has 5 nitrogen and oxygen atoms in total. The molecule has 0 aliphatic carbocycles. The van der Waals surface area contributed by atoms with Gasteiger partial charge in [0, 0.05) is 11.1 Å². The van der Waals surface area contributed by atoms with E-state index in [1.54, 1.807) is 19.9 Å². The lowest BCUT2D eigenvalue weighted by Crippen LogP contribution is -2.57. The van der Waals surface area contributed by atoms with Gasteiger partial charge < -0.3 is 19.5 Å². The molecule has 2 aliphatic heterocycles. The molecule has 0 unspecified atom stereocenters. The lowest BCUT2D eigenvalue weighted by atomic mass is 9.84. The number of benzene rings is 1. The molecule has 1 aromatic rings. The van der Waals surface area contributed by atoms with Crippen LogP contribution in [-0.2, 0) is 11.2 Å². The SMILES string of the molecule is COc1cc2c(cc1OC)C1=C[C@](O)(C(F)(F)F)C(=O)N1C(C)(C)C2. The third-order valence-corrected chi connectivity index (χ3v) is 4.66. The van der Waals surface area contributed by atoms with Crippen molar-refractivity contribution in [1.82, 2.24) is 4.90 Å². The minimum atomic E-state index is -5.11. The summed E-state index contributed by atoms with van der Waals surface area (Å²) in [4.78, 5) is 13.5. The summed E-state index contributed by atoms with van der Waals surface area (Å²) in [6.07, 6.45) is -4.22. The molecule has 25 heavy (non-hydrogen) atoms. The van der Waals surface area contributed by atoms with Gasteiger partial charge in [0.05, 0.1) is 19.9 Å². The van der Waals surface area contributed by atoms with Crippen molar-refractivity contribution >= 4 is 11.6 Å². The van der Waals surface area contributed by atoms with E-state index in [2.05, 4.69) is 0 Å². The van der Waals surface area contributed by atoms with Crippen LogP contribution in [0.2, 0.25) is 0 Å². The van der Waals surface area contributed by atoms with Crippen LogP contribution in [0.3, 0.4) is 0 Å². The highest BCUT2D eigenvalue weighted by Crippen LogP contribution is 2.50. The van der Waals surface area contributed by atoms with Crippen LogP contribution in [0.4, 0.5) is 13.2 Å². The number of rotatable bonds is 2. The molecular formula is C17H18F3NO4. The van der Waals surface area contributed by atoms with Crippen LogP contribution in [0.1, 0.15) is 25.0 Å². The van der Waals surface area contributed by atoms with Gasteiger partial charge in [0.25, 0.3) is 11.5 Å². The predicted octanol–water partition coefficient (Wildman–Crippen LogP) is 2.52. The van der Waals surface area contributed by atoms with Gasteiger partial charge in [-0.1, -0.05) is 0 Å². The highest BCUT2D eigenvalue weighted by atomic mass is 19.4. The fourth-order valence-electron chi connectivity index (χ4n) is 3.46. The second kappa shape index (κ2) is 5.14. The maximum Gasteiger partial charge on any atom is 0.430 e. The molecule has 0 bridgehead atoms. The van der Waals surface area contributed by atoms with Crippen LogP contribution in [-0.4, -0.2) is 47.4 Å². The van der Waals surface area contributed by atoms with E-state index in [0.717, 1.165) is 4.90 Å². The molecule has 1 amide bonds. The van der Waals surface area contributed by atoms with Crippen molar-refractivity contribution in [3.8, 4) is 11.5 Å². The number of carbonyl (C=O) groups is 1. The molecule has 0 fully saturated rings. The number of halogens is 3. The predicted molar refractivity (Wildman–Crippen MR) is 83.2 cm³/mol. The third kappa shape index (κ3) is 2.31. The number of nitrogens with zero attached hydrogens (tertiary/aromatic N) is 1. The van der Waals surface area contributed by atoms with E-state index in [4.69, 9.17) is 9.47 Å². The maximum atomic E-state index is 13.3. The monoisotopic (exact) mass is 357 g/mol. The molecule has 1 aromatic carbocycles. The first-order valence-electron chi connectivity index (χ1n) is 7.58. The Balaban J connectivity index is 2.27. The van der Waals surface area contributed by atoms with Gasteiger partial charge in [0.2, 0.25) is 0 Å². The largest absolute Gasteiger partial charge is 0.493 e. The molecule has 3 rings (SSSR count). The van der Waals surface area contributed by atoms with E-state index in [1.807, 2.05) is 0 Å². The first kappa shape index (κ1) is 17.6. The molecule has 0 saturated carbocycles. The van der Waals surface area contributed by atoms with Crippen LogP contribution >= 0.6 is 0 Å². The molecule has 0 aromatic heterocycles. The number of carbonyl (C=O) groups excluding carboxylic acids is 1. The van der Waals surface area contributed by atoms with Crippen molar-refractivity contribution in [2.45, 2.75) is 37.6 Å². The summed E-state index contributed by atoms with van der Waals surface area (Å²) in [5.74, 6) is -0.612. The van der Waals surface area contributed by atoms with Gasteiger partial charge in [-0.15, -0.1) is 0 Å². The van der Waals surface area contributed by atoms with Gasteiger partial charge in [0.15, 0.2) is 11.5 Å². The Morgan fingerprint density at radius 2 is 1.72 bits per heavy atom. The number of methoxy groups -OCH3 is 2. The zero-order valence-electron chi connectivity index (χ0n) is 14.2. The summed E-state index contributed by atoms with van der Waals surface area (Å²) in [6, 6.07) is 3.21. The zero-order chi connectivity index (χ0) is 18.8. The first-order chi connectivity index (χ1) is 11.5. The Morgan fingerprint density at radius 3 is 2.24 bits per heavy atom. The van der Waals surface area contributed by atoms with Crippen molar-refractivity contribution in [3.63, 3.8) is 0 Å². The normalized spacial score (nSPS) is 24.6. The van der Waals surface area contributed by atoms with Crippen LogP contribution in [0, 0.1) is 0 Å². The highest BCUT2D eigenvalue weighted by Gasteiger charge is 2.65. The quantitative estimate of drug-likeness (QED) is 0.884. The maximum absolute atomic E-state index is 13.3. The van der Waals surface area contributed by atoms with Crippen molar-refractivity contribution in [2.75, 3.05) is 14.2 Å². The topological polar surface area (TPSA) is 59.0 Å². The first-order valence-corrected chi connectivity index (χ1v) is 7.58. The molecule has 0 spiro atoms. The number of ether oxygens (including phenoxy) is 2. The highest BCUT2D eigenvalue weighted by molar-refractivity contribution is 6.03. The lowest BCUT2D eigenvalue weighted by Gasteiger charge is -2.43. The minimum absolute atomic E-state index is 0.0250. The van der Waals surface area contributed by atoms with Crippen LogP contribution in [0.15, 0.2) is 18.2 Å².